The fourth-order valence-corrected chi connectivity index (χ4v) is 1.57. The van der Waals surface area contributed by atoms with Crippen molar-refractivity contribution in [2.75, 3.05) is 6.61 Å². The molecular formula is C11H14IO. The van der Waals surface area contributed by atoms with Crippen molar-refractivity contribution >= 4 is 22.6 Å². The highest BCUT2D eigenvalue weighted by atomic mass is 127. The molecule has 0 atom stereocenters. The maximum absolute atomic E-state index is 5.51. The molecule has 13 heavy (non-hydrogen) atoms. The molecule has 0 saturated heterocycles. The van der Waals surface area contributed by atoms with Gasteiger partial charge in [0.15, 0.2) is 0 Å². The normalized spacial score (nSPS) is 10.5. The Morgan fingerprint density at radius 3 is 2.62 bits per heavy atom. The highest BCUT2D eigenvalue weighted by Crippen LogP contribution is 2.25. The highest BCUT2D eigenvalue weighted by molar-refractivity contribution is 14.1. The molecule has 1 rings (SSSR count). The number of benzene rings is 1. The zero-order valence-electron chi connectivity index (χ0n) is 8.23. The Bertz CT molecular complexity index is 281. The third-order valence-corrected chi connectivity index (χ3v) is 2.70. The minimum absolute atomic E-state index is 0.724. The summed E-state index contributed by atoms with van der Waals surface area (Å²) in [7, 11) is 0. The SMILES string of the molecule is CCOc1cc([C](C)C)ccc1I. The molecule has 0 N–H and O–H groups in total. The lowest BCUT2D eigenvalue weighted by Gasteiger charge is -2.10. The van der Waals surface area contributed by atoms with E-state index in [1.165, 1.54) is 15.1 Å². The fraction of sp³-hybridized carbons (Fsp3) is 0.364. The summed E-state index contributed by atoms with van der Waals surface area (Å²) in [5, 5.41) is 0. The molecule has 1 radical (unpaired) electrons. The van der Waals surface area contributed by atoms with Gasteiger partial charge in [-0.25, -0.2) is 0 Å². The van der Waals surface area contributed by atoms with Gasteiger partial charge in [0, 0.05) is 0 Å². The monoisotopic (exact) mass is 289 g/mol. The minimum Gasteiger partial charge on any atom is -0.493 e. The number of halogens is 1. The first-order valence-corrected chi connectivity index (χ1v) is 5.46. The van der Waals surface area contributed by atoms with Gasteiger partial charge in [-0.05, 0) is 53.1 Å². The molecule has 0 heterocycles. The molecule has 0 aromatic heterocycles. The largest absolute Gasteiger partial charge is 0.493 e. The van der Waals surface area contributed by atoms with Crippen molar-refractivity contribution in [3.05, 3.63) is 33.3 Å². The second kappa shape index (κ2) is 4.84. The zero-order valence-corrected chi connectivity index (χ0v) is 10.4. The van der Waals surface area contributed by atoms with Crippen LogP contribution in [0.4, 0.5) is 0 Å². The van der Waals surface area contributed by atoms with Crippen LogP contribution in [0.15, 0.2) is 18.2 Å². The lowest BCUT2D eigenvalue weighted by molar-refractivity contribution is 0.337. The molecule has 0 bridgehead atoms. The van der Waals surface area contributed by atoms with Gasteiger partial charge in [0.05, 0.1) is 10.2 Å². The zero-order chi connectivity index (χ0) is 9.84. The summed E-state index contributed by atoms with van der Waals surface area (Å²) < 4.78 is 6.68. The number of hydrogen-bond acceptors (Lipinski definition) is 1. The van der Waals surface area contributed by atoms with Gasteiger partial charge in [0.1, 0.15) is 5.75 Å². The minimum atomic E-state index is 0.724. The van der Waals surface area contributed by atoms with E-state index in [9.17, 15) is 0 Å². The van der Waals surface area contributed by atoms with E-state index < -0.39 is 0 Å². The van der Waals surface area contributed by atoms with Gasteiger partial charge in [-0.3, -0.25) is 0 Å². The van der Waals surface area contributed by atoms with Gasteiger partial charge in [-0.1, -0.05) is 19.9 Å². The Morgan fingerprint density at radius 2 is 2.08 bits per heavy atom. The molecule has 0 aliphatic heterocycles. The average molecular weight is 289 g/mol. The van der Waals surface area contributed by atoms with Crippen molar-refractivity contribution in [3.8, 4) is 5.75 Å². The maximum atomic E-state index is 5.51. The molecule has 1 aromatic carbocycles. The molecule has 0 spiro atoms. The molecule has 2 heteroatoms. The van der Waals surface area contributed by atoms with Gasteiger partial charge in [-0.15, -0.1) is 0 Å². The van der Waals surface area contributed by atoms with E-state index in [0.717, 1.165) is 12.4 Å². The van der Waals surface area contributed by atoms with Crippen molar-refractivity contribution in [2.24, 2.45) is 0 Å². The van der Waals surface area contributed by atoms with E-state index in [1.54, 1.807) is 0 Å². The second-order valence-corrected chi connectivity index (χ2v) is 4.24. The molecule has 0 fully saturated rings. The van der Waals surface area contributed by atoms with Crippen LogP contribution in [0.25, 0.3) is 0 Å². The van der Waals surface area contributed by atoms with Crippen molar-refractivity contribution in [1.29, 1.82) is 0 Å². The van der Waals surface area contributed by atoms with Crippen molar-refractivity contribution < 1.29 is 4.74 Å². The average Bonchev–Trinajstić information content (AvgIpc) is 2.08. The summed E-state index contributed by atoms with van der Waals surface area (Å²) in [6, 6.07) is 6.31. The number of hydrogen-bond donors (Lipinski definition) is 0. The topological polar surface area (TPSA) is 9.23 Å². The van der Waals surface area contributed by atoms with Gasteiger partial charge in [0.2, 0.25) is 0 Å². The van der Waals surface area contributed by atoms with Crippen LogP contribution in [0.2, 0.25) is 0 Å². The first-order valence-electron chi connectivity index (χ1n) is 4.38. The Hall–Kier alpha value is -0.250. The van der Waals surface area contributed by atoms with Crippen molar-refractivity contribution in [1.82, 2.24) is 0 Å². The van der Waals surface area contributed by atoms with Crippen LogP contribution in [0.3, 0.4) is 0 Å². The molecule has 0 amide bonds. The van der Waals surface area contributed by atoms with Crippen LogP contribution >= 0.6 is 22.6 Å². The Morgan fingerprint density at radius 1 is 1.38 bits per heavy atom. The second-order valence-electron chi connectivity index (χ2n) is 3.08. The van der Waals surface area contributed by atoms with Crippen LogP contribution in [0.5, 0.6) is 5.75 Å². The lowest BCUT2D eigenvalue weighted by atomic mass is 10.0. The van der Waals surface area contributed by atoms with Gasteiger partial charge >= 0.3 is 0 Å². The molecular weight excluding hydrogens is 275 g/mol. The summed E-state index contributed by atoms with van der Waals surface area (Å²) in [4.78, 5) is 0. The summed E-state index contributed by atoms with van der Waals surface area (Å²) in [5.41, 5.74) is 1.25. The third kappa shape index (κ3) is 2.86. The van der Waals surface area contributed by atoms with E-state index in [4.69, 9.17) is 4.74 Å². The maximum Gasteiger partial charge on any atom is 0.132 e. The number of ether oxygens (including phenoxy) is 1. The molecule has 0 aliphatic rings. The lowest BCUT2D eigenvalue weighted by Crippen LogP contribution is -1.96. The summed E-state index contributed by atoms with van der Waals surface area (Å²) in [6.45, 7) is 6.95. The van der Waals surface area contributed by atoms with E-state index in [2.05, 4.69) is 54.6 Å². The van der Waals surface area contributed by atoms with Gasteiger partial charge < -0.3 is 4.74 Å². The predicted octanol–water partition coefficient (Wildman–Crippen LogP) is 3.65. The third-order valence-electron chi connectivity index (χ3n) is 1.81. The summed E-state index contributed by atoms with van der Waals surface area (Å²) in [5.74, 6) is 2.30. The molecule has 0 aliphatic carbocycles. The Balaban J connectivity index is 2.97. The van der Waals surface area contributed by atoms with Crippen LogP contribution in [-0.4, -0.2) is 6.61 Å². The quantitative estimate of drug-likeness (QED) is 0.772. The van der Waals surface area contributed by atoms with Gasteiger partial charge in [0.25, 0.3) is 0 Å². The van der Waals surface area contributed by atoms with Gasteiger partial charge in [-0.2, -0.15) is 0 Å². The van der Waals surface area contributed by atoms with E-state index in [1.807, 2.05) is 6.92 Å². The first-order chi connectivity index (χ1) is 6.15. The highest BCUT2D eigenvalue weighted by Gasteiger charge is 2.04. The predicted molar refractivity (Wildman–Crippen MR) is 64.0 cm³/mol. The summed E-state index contributed by atoms with van der Waals surface area (Å²) >= 11 is 2.29. The standard InChI is InChI=1S/C11H14IO/c1-4-13-11-7-9(8(2)3)5-6-10(11)12/h5-7H,4H2,1-3H3. The Kier molecular flexibility index (Phi) is 4.03. The van der Waals surface area contributed by atoms with Crippen LogP contribution < -0.4 is 4.74 Å². The molecule has 71 valence electrons. The van der Waals surface area contributed by atoms with E-state index >= 15 is 0 Å². The molecule has 1 aromatic rings. The fourth-order valence-electron chi connectivity index (χ4n) is 1.08. The van der Waals surface area contributed by atoms with Crippen LogP contribution in [0, 0.1) is 9.49 Å². The smallest absolute Gasteiger partial charge is 0.132 e. The first kappa shape index (κ1) is 10.8. The van der Waals surface area contributed by atoms with Crippen LogP contribution in [-0.2, 0) is 0 Å². The number of rotatable bonds is 3. The molecule has 1 nitrogen and oxygen atoms in total. The van der Waals surface area contributed by atoms with Crippen molar-refractivity contribution in [2.45, 2.75) is 20.8 Å². The molecule has 0 unspecified atom stereocenters. The van der Waals surface area contributed by atoms with Crippen LogP contribution in [0.1, 0.15) is 26.3 Å². The van der Waals surface area contributed by atoms with Crippen molar-refractivity contribution in [3.63, 3.8) is 0 Å². The molecule has 0 saturated carbocycles. The van der Waals surface area contributed by atoms with E-state index in [0.29, 0.717) is 0 Å². The Labute approximate surface area is 93.6 Å². The summed E-state index contributed by atoms with van der Waals surface area (Å²) in [6.07, 6.45) is 0. The van der Waals surface area contributed by atoms with E-state index in [-0.39, 0.29) is 0 Å².